The molecule has 0 atom stereocenters. The van der Waals surface area contributed by atoms with Gasteiger partial charge < -0.3 is 10.9 Å². The van der Waals surface area contributed by atoms with Gasteiger partial charge in [0.25, 0.3) is 0 Å². The first-order valence-corrected chi connectivity index (χ1v) is 9.30. The van der Waals surface area contributed by atoms with Gasteiger partial charge in [0, 0.05) is 21.7 Å². The smallest absolute Gasteiger partial charge is 0.181 e. The van der Waals surface area contributed by atoms with Crippen molar-refractivity contribution in [2.24, 2.45) is 10.9 Å². The maximum absolute atomic E-state index is 9.58. The fourth-order valence-electron chi connectivity index (χ4n) is 2.99. The number of hydrogen-bond donors (Lipinski definition) is 2. The molecule has 6 heteroatoms. The Morgan fingerprint density at radius 3 is 2.10 bits per heavy atom. The Morgan fingerprint density at radius 1 is 0.793 bits per heavy atom. The SMILES string of the molecule is NN=C(c1ccc(O)cc1)c1nc(-c2ccccc2)cc(-c2cccc(Cl)c2)n1. The lowest BCUT2D eigenvalue weighted by molar-refractivity contribution is 0.475. The average Bonchev–Trinajstić information content (AvgIpc) is 2.76. The molecule has 4 aromatic rings. The molecular weight excluding hydrogens is 384 g/mol. The van der Waals surface area contributed by atoms with Gasteiger partial charge in [0.2, 0.25) is 0 Å². The normalized spacial score (nSPS) is 11.4. The number of rotatable bonds is 4. The van der Waals surface area contributed by atoms with E-state index in [9.17, 15) is 5.11 Å². The number of nitrogens with zero attached hydrogens (tertiary/aromatic N) is 3. The zero-order chi connectivity index (χ0) is 20.2. The van der Waals surface area contributed by atoms with Crippen molar-refractivity contribution in [2.75, 3.05) is 0 Å². The predicted octanol–water partition coefficient (Wildman–Crippen LogP) is 4.88. The van der Waals surface area contributed by atoms with Crippen molar-refractivity contribution >= 4 is 17.3 Å². The third-order valence-corrected chi connectivity index (χ3v) is 4.63. The fraction of sp³-hybridized carbons (Fsp3) is 0. The quantitative estimate of drug-likeness (QED) is 0.290. The lowest BCUT2D eigenvalue weighted by Crippen LogP contribution is -2.12. The monoisotopic (exact) mass is 400 g/mol. The minimum absolute atomic E-state index is 0.156. The number of hydrazone groups is 1. The van der Waals surface area contributed by atoms with Crippen molar-refractivity contribution in [1.29, 1.82) is 0 Å². The zero-order valence-electron chi connectivity index (χ0n) is 15.3. The van der Waals surface area contributed by atoms with E-state index in [0.29, 0.717) is 27.8 Å². The second-order valence-corrected chi connectivity index (χ2v) is 6.80. The van der Waals surface area contributed by atoms with Gasteiger partial charge in [0.15, 0.2) is 5.82 Å². The highest BCUT2D eigenvalue weighted by Crippen LogP contribution is 2.26. The molecule has 0 aliphatic heterocycles. The molecule has 0 bridgehead atoms. The molecule has 4 rings (SSSR count). The van der Waals surface area contributed by atoms with Crippen LogP contribution < -0.4 is 5.84 Å². The summed E-state index contributed by atoms with van der Waals surface area (Å²) < 4.78 is 0. The number of phenolic OH excluding ortho intramolecular Hbond substituents is 1. The zero-order valence-corrected chi connectivity index (χ0v) is 16.1. The Balaban J connectivity index is 1.91. The molecule has 3 aromatic carbocycles. The van der Waals surface area contributed by atoms with Crippen LogP contribution in [0, 0.1) is 0 Å². The second-order valence-electron chi connectivity index (χ2n) is 6.36. The third-order valence-electron chi connectivity index (χ3n) is 4.40. The molecule has 0 amide bonds. The first kappa shape index (κ1) is 18.7. The first-order chi connectivity index (χ1) is 14.1. The van der Waals surface area contributed by atoms with Crippen molar-refractivity contribution in [3.05, 3.63) is 101 Å². The number of aromatic hydroxyl groups is 1. The van der Waals surface area contributed by atoms with E-state index in [2.05, 4.69) is 5.10 Å². The molecule has 0 saturated heterocycles. The summed E-state index contributed by atoms with van der Waals surface area (Å²) in [6.07, 6.45) is 0. The van der Waals surface area contributed by atoms with Crippen molar-refractivity contribution in [3.63, 3.8) is 0 Å². The summed E-state index contributed by atoms with van der Waals surface area (Å²) in [6.45, 7) is 0. The molecule has 29 heavy (non-hydrogen) atoms. The van der Waals surface area contributed by atoms with E-state index < -0.39 is 0 Å². The van der Waals surface area contributed by atoms with Crippen LogP contribution in [-0.4, -0.2) is 20.8 Å². The van der Waals surface area contributed by atoms with E-state index in [1.54, 1.807) is 24.3 Å². The predicted molar refractivity (Wildman–Crippen MR) is 116 cm³/mol. The number of phenols is 1. The van der Waals surface area contributed by atoms with Gasteiger partial charge in [0.05, 0.1) is 11.4 Å². The molecule has 0 spiro atoms. The fourth-order valence-corrected chi connectivity index (χ4v) is 3.18. The Morgan fingerprint density at radius 2 is 1.45 bits per heavy atom. The molecule has 0 aliphatic rings. The Bertz CT molecular complexity index is 1180. The van der Waals surface area contributed by atoms with Crippen LogP contribution in [0.25, 0.3) is 22.5 Å². The molecule has 0 fully saturated rings. The number of aromatic nitrogens is 2. The van der Waals surface area contributed by atoms with Crippen molar-refractivity contribution < 1.29 is 5.11 Å². The maximum Gasteiger partial charge on any atom is 0.181 e. The van der Waals surface area contributed by atoms with E-state index in [1.165, 1.54) is 0 Å². The van der Waals surface area contributed by atoms with E-state index in [1.807, 2.05) is 60.7 Å². The lowest BCUT2D eigenvalue weighted by Gasteiger charge is -2.11. The second kappa shape index (κ2) is 8.12. The number of halogens is 1. The molecule has 1 heterocycles. The van der Waals surface area contributed by atoms with Crippen LogP contribution >= 0.6 is 11.6 Å². The summed E-state index contributed by atoms with van der Waals surface area (Å²) in [5, 5.41) is 14.1. The Labute approximate surface area is 173 Å². The molecule has 0 saturated carbocycles. The maximum atomic E-state index is 9.58. The van der Waals surface area contributed by atoms with Gasteiger partial charge in [-0.25, -0.2) is 9.97 Å². The molecule has 0 radical (unpaired) electrons. The molecule has 5 nitrogen and oxygen atoms in total. The van der Waals surface area contributed by atoms with Crippen molar-refractivity contribution in [3.8, 4) is 28.3 Å². The van der Waals surface area contributed by atoms with E-state index in [4.69, 9.17) is 27.4 Å². The van der Waals surface area contributed by atoms with Gasteiger partial charge >= 0.3 is 0 Å². The summed E-state index contributed by atoms with van der Waals surface area (Å²) in [5.74, 6) is 6.24. The summed E-state index contributed by atoms with van der Waals surface area (Å²) in [7, 11) is 0. The van der Waals surface area contributed by atoms with Crippen LogP contribution in [0.2, 0.25) is 5.02 Å². The number of hydrogen-bond acceptors (Lipinski definition) is 5. The average molecular weight is 401 g/mol. The van der Waals surface area contributed by atoms with E-state index in [-0.39, 0.29) is 5.75 Å². The molecule has 0 aliphatic carbocycles. The van der Waals surface area contributed by atoms with Crippen LogP contribution in [0.1, 0.15) is 11.4 Å². The van der Waals surface area contributed by atoms with Crippen LogP contribution in [0.4, 0.5) is 0 Å². The summed E-state index contributed by atoms with van der Waals surface area (Å²) in [4.78, 5) is 9.40. The highest BCUT2D eigenvalue weighted by atomic mass is 35.5. The van der Waals surface area contributed by atoms with E-state index in [0.717, 1.165) is 16.8 Å². The highest BCUT2D eigenvalue weighted by molar-refractivity contribution is 6.30. The van der Waals surface area contributed by atoms with Gasteiger partial charge in [-0.2, -0.15) is 5.10 Å². The molecule has 1 aromatic heterocycles. The highest BCUT2D eigenvalue weighted by Gasteiger charge is 2.15. The minimum atomic E-state index is 0.156. The Kier molecular flexibility index (Phi) is 5.22. The van der Waals surface area contributed by atoms with Crippen LogP contribution in [0.5, 0.6) is 5.75 Å². The number of benzene rings is 3. The molecule has 0 unspecified atom stereocenters. The van der Waals surface area contributed by atoms with Gasteiger partial charge in [-0.05, 0) is 42.5 Å². The van der Waals surface area contributed by atoms with Gasteiger partial charge in [-0.1, -0.05) is 54.1 Å². The number of nitrogens with two attached hydrogens (primary N) is 1. The Hall–Kier alpha value is -3.70. The van der Waals surface area contributed by atoms with Gasteiger partial charge in [-0.15, -0.1) is 0 Å². The standard InChI is InChI=1S/C23H17ClN4O/c24-18-8-4-7-17(13-18)21-14-20(15-5-2-1-3-6-15)26-23(27-21)22(28-25)16-9-11-19(29)12-10-16/h1-14,29H,25H2. The van der Waals surface area contributed by atoms with Gasteiger partial charge in [-0.3, -0.25) is 0 Å². The summed E-state index contributed by atoms with van der Waals surface area (Å²) in [6, 6.07) is 25.8. The van der Waals surface area contributed by atoms with Crippen LogP contribution in [-0.2, 0) is 0 Å². The minimum Gasteiger partial charge on any atom is -0.508 e. The van der Waals surface area contributed by atoms with Crippen LogP contribution in [0.15, 0.2) is 90.0 Å². The van der Waals surface area contributed by atoms with Crippen LogP contribution in [0.3, 0.4) is 0 Å². The summed E-state index contributed by atoms with van der Waals surface area (Å²) in [5.41, 5.74) is 4.38. The molecule has 142 valence electrons. The molecule has 3 N–H and O–H groups in total. The molecular formula is C23H17ClN4O. The largest absolute Gasteiger partial charge is 0.508 e. The van der Waals surface area contributed by atoms with Crippen molar-refractivity contribution in [1.82, 2.24) is 9.97 Å². The van der Waals surface area contributed by atoms with E-state index >= 15 is 0 Å². The lowest BCUT2D eigenvalue weighted by atomic mass is 10.1. The van der Waals surface area contributed by atoms with Gasteiger partial charge in [0.1, 0.15) is 11.5 Å². The topological polar surface area (TPSA) is 84.4 Å². The first-order valence-electron chi connectivity index (χ1n) is 8.92. The van der Waals surface area contributed by atoms with Crippen molar-refractivity contribution in [2.45, 2.75) is 0 Å². The summed E-state index contributed by atoms with van der Waals surface area (Å²) >= 11 is 6.18. The third kappa shape index (κ3) is 4.10.